The Kier molecular flexibility index (Phi) is 5.51. The lowest BCUT2D eigenvalue weighted by atomic mass is 9.74. The van der Waals surface area contributed by atoms with Gasteiger partial charge in [0.05, 0.1) is 0 Å². The van der Waals surface area contributed by atoms with E-state index >= 15 is 0 Å². The smallest absolute Gasteiger partial charge is 0.410 e. The molecule has 0 aromatic heterocycles. The van der Waals surface area contributed by atoms with Crippen LogP contribution in [0, 0.1) is 18.3 Å². The van der Waals surface area contributed by atoms with Crippen molar-refractivity contribution in [2.45, 2.75) is 31.6 Å². The number of nitrogens with zero attached hydrogens (tertiary/aromatic N) is 3. The van der Waals surface area contributed by atoms with Crippen molar-refractivity contribution in [2.75, 3.05) is 50.8 Å². The Balaban J connectivity index is 0.00000256. The van der Waals surface area contributed by atoms with Gasteiger partial charge < -0.3 is 19.4 Å². The van der Waals surface area contributed by atoms with Crippen LogP contribution in [0.4, 0.5) is 10.5 Å². The molecule has 0 saturated carbocycles. The van der Waals surface area contributed by atoms with Gasteiger partial charge in [0.2, 0.25) is 5.91 Å². The van der Waals surface area contributed by atoms with E-state index in [1.165, 1.54) is 5.56 Å². The SMILES string of the molecule is C#CCOC(=O)N1CC[C@H](CN2CCC3(CC2)CN(C(C)=O)c2ccccc23)C1.[HH]. The molecule has 1 atom stereocenters. The third kappa shape index (κ3) is 3.84. The minimum atomic E-state index is -0.296. The first-order valence-electron chi connectivity index (χ1n) is 10.5. The molecule has 0 unspecified atom stereocenters. The molecule has 2 saturated heterocycles. The Hall–Kier alpha value is -2.52. The number of para-hydroxylation sites is 1. The minimum Gasteiger partial charge on any atom is -0.436 e. The van der Waals surface area contributed by atoms with Crippen LogP contribution in [0.3, 0.4) is 0 Å². The standard InChI is InChI=1S/C23H29N3O3.H2/c1-3-14-29-22(28)25-11-8-19(16-25)15-24-12-9-23(10-13-24)17-26(18(2)27)21-7-5-4-6-20(21)23;/h1,4-7,19H,8-17H2,2H3;1H/t19-;/m1./s1. The topological polar surface area (TPSA) is 53.1 Å². The predicted molar refractivity (Wildman–Crippen MR) is 114 cm³/mol. The van der Waals surface area contributed by atoms with Gasteiger partial charge in [0.1, 0.15) is 0 Å². The van der Waals surface area contributed by atoms with Crippen molar-refractivity contribution in [2.24, 2.45) is 5.92 Å². The van der Waals surface area contributed by atoms with Gasteiger partial charge in [-0.2, -0.15) is 0 Å². The Morgan fingerprint density at radius 1 is 1.28 bits per heavy atom. The highest BCUT2D eigenvalue weighted by molar-refractivity contribution is 5.94. The number of amides is 2. The van der Waals surface area contributed by atoms with E-state index in [4.69, 9.17) is 11.2 Å². The lowest BCUT2D eigenvalue weighted by Gasteiger charge is -2.40. The molecule has 1 aromatic carbocycles. The van der Waals surface area contributed by atoms with Crippen molar-refractivity contribution in [1.29, 1.82) is 0 Å². The van der Waals surface area contributed by atoms with Crippen LogP contribution in [0.25, 0.3) is 0 Å². The zero-order valence-corrected chi connectivity index (χ0v) is 17.1. The number of terminal acetylenes is 1. The van der Waals surface area contributed by atoms with Crippen LogP contribution < -0.4 is 4.90 Å². The first kappa shape index (κ1) is 19.8. The number of rotatable bonds is 3. The van der Waals surface area contributed by atoms with Crippen molar-refractivity contribution >= 4 is 17.7 Å². The Morgan fingerprint density at radius 3 is 2.76 bits per heavy atom. The number of likely N-dealkylation sites (tertiary alicyclic amines) is 2. The number of fused-ring (bicyclic) bond motifs is 2. The molecule has 1 aromatic rings. The first-order chi connectivity index (χ1) is 14.0. The van der Waals surface area contributed by atoms with Gasteiger partial charge >= 0.3 is 6.09 Å². The summed E-state index contributed by atoms with van der Waals surface area (Å²) < 4.78 is 5.04. The van der Waals surface area contributed by atoms with Crippen LogP contribution >= 0.6 is 0 Å². The zero-order chi connectivity index (χ0) is 20.4. The van der Waals surface area contributed by atoms with E-state index in [9.17, 15) is 9.59 Å². The number of carbonyl (C=O) groups is 2. The predicted octanol–water partition coefficient (Wildman–Crippen LogP) is 2.72. The molecular formula is C23H31N3O3. The highest BCUT2D eigenvalue weighted by Crippen LogP contribution is 2.47. The molecular weight excluding hydrogens is 366 g/mol. The maximum Gasteiger partial charge on any atom is 0.410 e. The van der Waals surface area contributed by atoms with E-state index in [1.54, 1.807) is 11.8 Å². The molecule has 6 heteroatoms. The van der Waals surface area contributed by atoms with Crippen LogP contribution in [0.2, 0.25) is 0 Å². The van der Waals surface area contributed by atoms with Gasteiger partial charge in [0.15, 0.2) is 6.61 Å². The quantitative estimate of drug-likeness (QED) is 0.736. The summed E-state index contributed by atoms with van der Waals surface area (Å²) in [5.41, 5.74) is 2.50. The number of hydrogen-bond acceptors (Lipinski definition) is 4. The Labute approximate surface area is 174 Å². The second kappa shape index (κ2) is 8.08. The number of benzene rings is 1. The number of hydrogen-bond donors (Lipinski definition) is 0. The monoisotopic (exact) mass is 397 g/mol. The maximum atomic E-state index is 12.1. The average molecular weight is 398 g/mol. The summed E-state index contributed by atoms with van der Waals surface area (Å²) in [5, 5.41) is 0. The second-order valence-corrected chi connectivity index (χ2v) is 8.56. The summed E-state index contributed by atoms with van der Waals surface area (Å²) in [5.74, 6) is 2.94. The molecule has 2 fully saturated rings. The van der Waals surface area contributed by atoms with Crippen molar-refractivity contribution < 1.29 is 15.8 Å². The second-order valence-electron chi connectivity index (χ2n) is 8.56. The molecule has 3 aliphatic heterocycles. The van der Waals surface area contributed by atoms with Crippen LogP contribution in [0.15, 0.2) is 24.3 Å². The fraction of sp³-hybridized carbons (Fsp3) is 0.565. The highest BCUT2D eigenvalue weighted by Gasteiger charge is 2.45. The lowest BCUT2D eigenvalue weighted by molar-refractivity contribution is -0.116. The van der Waals surface area contributed by atoms with Crippen LogP contribution in [-0.2, 0) is 14.9 Å². The summed E-state index contributed by atoms with van der Waals surface area (Å²) in [6.45, 7) is 7.04. The average Bonchev–Trinajstić information content (AvgIpc) is 3.32. The van der Waals surface area contributed by atoms with Crippen molar-refractivity contribution in [3.63, 3.8) is 0 Å². The third-order valence-corrected chi connectivity index (χ3v) is 6.76. The van der Waals surface area contributed by atoms with E-state index in [-0.39, 0.29) is 25.4 Å². The first-order valence-corrected chi connectivity index (χ1v) is 10.5. The maximum absolute atomic E-state index is 12.1. The molecule has 1 spiro atoms. The summed E-state index contributed by atoms with van der Waals surface area (Å²) in [6, 6.07) is 8.38. The summed E-state index contributed by atoms with van der Waals surface area (Å²) >= 11 is 0. The normalized spacial score (nSPS) is 23.1. The molecule has 156 valence electrons. The van der Waals surface area contributed by atoms with Crippen molar-refractivity contribution in [3.8, 4) is 12.3 Å². The molecule has 0 N–H and O–H groups in total. The van der Waals surface area contributed by atoms with Gasteiger partial charge in [-0.05, 0) is 49.9 Å². The molecule has 3 heterocycles. The number of anilines is 1. The molecule has 0 aliphatic carbocycles. The fourth-order valence-corrected chi connectivity index (χ4v) is 5.21. The molecule has 2 amide bonds. The van der Waals surface area contributed by atoms with E-state index in [0.717, 1.165) is 64.2 Å². The van der Waals surface area contributed by atoms with Crippen molar-refractivity contribution in [3.05, 3.63) is 29.8 Å². The van der Waals surface area contributed by atoms with Crippen molar-refractivity contribution in [1.82, 2.24) is 9.80 Å². The molecule has 4 rings (SSSR count). The van der Waals surface area contributed by atoms with Crippen LogP contribution in [0.1, 0.15) is 33.2 Å². The number of carbonyl (C=O) groups excluding carboxylic acids is 2. The largest absolute Gasteiger partial charge is 0.436 e. The fourth-order valence-electron chi connectivity index (χ4n) is 5.21. The number of ether oxygens (including phenoxy) is 1. The summed E-state index contributed by atoms with van der Waals surface area (Å²) in [4.78, 5) is 30.4. The number of piperidine rings is 1. The molecule has 6 nitrogen and oxygen atoms in total. The van der Waals surface area contributed by atoms with E-state index in [1.807, 2.05) is 11.0 Å². The molecule has 0 bridgehead atoms. The highest BCUT2D eigenvalue weighted by atomic mass is 16.6. The third-order valence-electron chi connectivity index (χ3n) is 6.76. The van der Waals surface area contributed by atoms with E-state index < -0.39 is 0 Å². The zero-order valence-electron chi connectivity index (χ0n) is 17.1. The van der Waals surface area contributed by atoms with E-state index in [0.29, 0.717) is 5.92 Å². The Bertz CT molecular complexity index is 829. The van der Waals surface area contributed by atoms with Gasteiger partial charge in [0, 0.05) is 45.6 Å². The summed E-state index contributed by atoms with van der Waals surface area (Å²) in [7, 11) is 0. The Morgan fingerprint density at radius 2 is 2.03 bits per heavy atom. The van der Waals surface area contributed by atoms with Gasteiger partial charge in [-0.1, -0.05) is 24.1 Å². The van der Waals surface area contributed by atoms with Gasteiger partial charge in [-0.3, -0.25) is 4.79 Å². The summed E-state index contributed by atoms with van der Waals surface area (Å²) in [6.07, 6.45) is 8.00. The van der Waals surface area contributed by atoms with Crippen LogP contribution in [0.5, 0.6) is 0 Å². The van der Waals surface area contributed by atoms with Crippen LogP contribution in [-0.4, -0.2) is 67.7 Å². The lowest BCUT2D eigenvalue weighted by Crippen LogP contribution is -2.47. The van der Waals surface area contributed by atoms with E-state index in [2.05, 4.69) is 29.0 Å². The molecule has 29 heavy (non-hydrogen) atoms. The molecule has 0 radical (unpaired) electrons. The minimum absolute atomic E-state index is 0. The van der Waals surface area contributed by atoms with Gasteiger partial charge in [-0.15, -0.1) is 6.42 Å². The van der Waals surface area contributed by atoms with Gasteiger partial charge in [-0.25, -0.2) is 4.79 Å². The van der Waals surface area contributed by atoms with Gasteiger partial charge in [0.25, 0.3) is 0 Å². The molecule has 3 aliphatic rings.